The Labute approximate surface area is 195 Å². The van der Waals surface area contributed by atoms with Gasteiger partial charge in [-0.05, 0) is 48.6 Å². The fourth-order valence-corrected chi connectivity index (χ4v) is 4.23. The molecule has 1 atom stereocenters. The minimum absolute atomic E-state index is 0.00682. The summed E-state index contributed by atoms with van der Waals surface area (Å²) < 4.78 is 11.7. The molecule has 1 aliphatic heterocycles. The Morgan fingerprint density at radius 1 is 1.19 bits per heavy atom. The summed E-state index contributed by atoms with van der Waals surface area (Å²) in [5, 5.41) is 2.98. The summed E-state index contributed by atoms with van der Waals surface area (Å²) in [6.45, 7) is 18.3. The second kappa shape index (κ2) is 12.1. The van der Waals surface area contributed by atoms with E-state index in [0.717, 1.165) is 31.2 Å². The zero-order valence-electron chi connectivity index (χ0n) is 21.6. The third-order valence-corrected chi connectivity index (χ3v) is 6.03. The number of hydrogen-bond acceptors (Lipinski definition) is 4. The summed E-state index contributed by atoms with van der Waals surface area (Å²) in [5.74, 6) is 1.09. The van der Waals surface area contributed by atoms with Crippen LogP contribution in [0.25, 0.3) is 0 Å². The van der Waals surface area contributed by atoms with Gasteiger partial charge in [0.2, 0.25) is 12.3 Å². The molecule has 2 amide bonds. The van der Waals surface area contributed by atoms with Crippen molar-refractivity contribution in [2.75, 3.05) is 25.6 Å². The number of nitrogens with one attached hydrogen (secondary N) is 1. The van der Waals surface area contributed by atoms with Crippen LogP contribution in [0.5, 0.6) is 11.5 Å². The van der Waals surface area contributed by atoms with E-state index in [0.29, 0.717) is 36.8 Å². The highest BCUT2D eigenvalue weighted by atomic mass is 16.5. The molecule has 2 rings (SSSR count). The second-order valence-electron chi connectivity index (χ2n) is 9.96. The minimum atomic E-state index is -0.413. The number of carbonyl (C=O) groups is 2. The lowest BCUT2D eigenvalue weighted by atomic mass is 9.74. The number of aryl methyl sites for hydroxylation is 1. The van der Waals surface area contributed by atoms with Gasteiger partial charge in [0.1, 0.15) is 6.04 Å². The molecule has 0 saturated carbocycles. The molecule has 1 N–H and O–H groups in total. The van der Waals surface area contributed by atoms with Crippen LogP contribution in [0.15, 0.2) is 12.1 Å². The molecule has 1 saturated heterocycles. The molecule has 1 aromatic carbocycles. The van der Waals surface area contributed by atoms with Crippen LogP contribution in [0.4, 0.5) is 5.69 Å². The van der Waals surface area contributed by atoms with Gasteiger partial charge in [0.15, 0.2) is 11.5 Å². The minimum Gasteiger partial charge on any atom is -0.493 e. The first-order valence-corrected chi connectivity index (χ1v) is 11.9. The molecule has 1 heterocycles. The number of rotatable bonds is 10. The maximum absolute atomic E-state index is 12.7. The van der Waals surface area contributed by atoms with E-state index in [2.05, 4.69) is 39.9 Å². The Hall–Kier alpha value is -2.24. The predicted octanol–water partition coefficient (Wildman–Crippen LogP) is 5.82. The van der Waals surface area contributed by atoms with Gasteiger partial charge in [-0.2, -0.15) is 0 Å². The number of hydrogen-bond donors (Lipinski definition) is 1. The lowest BCUT2D eigenvalue weighted by Gasteiger charge is -2.34. The fourth-order valence-electron chi connectivity index (χ4n) is 4.23. The quantitative estimate of drug-likeness (QED) is 0.458. The van der Waals surface area contributed by atoms with Gasteiger partial charge in [0, 0.05) is 18.3 Å². The van der Waals surface area contributed by atoms with Gasteiger partial charge in [0.05, 0.1) is 13.7 Å². The summed E-state index contributed by atoms with van der Waals surface area (Å²) in [4.78, 5) is 25.5. The summed E-state index contributed by atoms with van der Waals surface area (Å²) in [6, 6.07) is 3.29. The number of anilines is 1. The third kappa shape index (κ3) is 7.72. The highest BCUT2D eigenvalue weighted by Crippen LogP contribution is 2.39. The van der Waals surface area contributed by atoms with Gasteiger partial charge in [0.25, 0.3) is 0 Å². The molecule has 1 fully saturated rings. The summed E-state index contributed by atoms with van der Waals surface area (Å²) in [5.41, 5.74) is 1.80. The molecule has 6 nitrogen and oxygen atoms in total. The zero-order chi connectivity index (χ0) is 24.5. The van der Waals surface area contributed by atoms with Crippen molar-refractivity contribution in [1.29, 1.82) is 0 Å². The van der Waals surface area contributed by atoms with Gasteiger partial charge in [-0.3, -0.25) is 9.59 Å². The lowest BCUT2D eigenvalue weighted by molar-refractivity contribution is -0.127. The van der Waals surface area contributed by atoms with Crippen LogP contribution in [0.3, 0.4) is 0 Å². The van der Waals surface area contributed by atoms with Crippen LogP contribution in [0.2, 0.25) is 0 Å². The van der Waals surface area contributed by atoms with Gasteiger partial charge in [-0.15, -0.1) is 0 Å². The maximum Gasteiger partial charge on any atom is 0.247 e. The standard InChI is InChI=1S/C24H38N2O4.C2H6/c1-8-23(3,4)14-24(5,6)15-30-21-13-18(17(2)12-20(21)29-7)25-22(28)19-10-9-11-26(19)16-27;1-2/h12-13,16,19H,8-11,14-15H2,1-7H3,(H,25,28);1-2H3/t19-;/m0./s1. The topological polar surface area (TPSA) is 67.9 Å². The van der Waals surface area contributed by atoms with E-state index in [1.165, 1.54) is 0 Å². The van der Waals surface area contributed by atoms with Gasteiger partial charge < -0.3 is 19.7 Å². The van der Waals surface area contributed by atoms with Crippen LogP contribution in [-0.2, 0) is 9.59 Å². The van der Waals surface area contributed by atoms with Crippen LogP contribution >= 0.6 is 0 Å². The molecule has 1 aromatic rings. The average molecular weight is 449 g/mol. The molecule has 0 aliphatic carbocycles. The van der Waals surface area contributed by atoms with Gasteiger partial charge in [-0.1, -0.05) is 54.9 Å². The van der Waals surface area contributed by atoms with Crippen molar-refractivity contribution in [3.63, 3.8) is 0 Å². The number of ether oxygens (including phenoxy) is 2. The number of benzene rings is 1. The highest BCUT2D eigenvalue weighted by Gasteiger charge is 2.31. The Kier molecular flexibility index (Phi) is 10.5. The predicted molar refractivity (Wildman–Crippen MR) is 131 cm³/mol. The molecule has 0 unspecified atom stereocenters. The molecule has 1 aliphatic rings. The normalized spacial score (nSPS) is 16.2. The molecule has 32 heavy (non-hydrogen) atoms. The number of methoxy groups -OCH3 is 1. The molecule has 0 spiro atoms. The van der Waals surface area contributed by atoms with Crippen LogP contribution in [-0.4, -0.2) is 43.5 Å². The molecule has 0 bridgehead atoms. The SMILES string of the molecule is CC.CCC(C)(C)CC(C)(C)COc1cc(NC(=O)[C@@H]2CCCN2C=O)c(C)cc1OC. The summed E-state index contributed by atoms with van der Waals surface area (Å²) in [6.07, 6.45) is 4.43. The number of amides is 2. The lowest BCUT2D eigenvalue weighted by Crippen LogP contribution is -2.38. The smallest absolute Gasteiger partial charge is 0.247 e. The zero-order valence-corrected chi connectivity index (χ0v) is 21.6. The molecule has 182 valence electrons. The Balaban J connectivity index is 0.00000249. The average Bonchev–Trinajstić information content (AvgIpc) is 3.23. The van der Waals surface area contributed by atoms with Gasteiger partial charge >= 0.3 is 0 Å². The van der Waals surface area contributed by atoms with E-state index in [-0.39, 0.29) is 16.7 Å². The monoisotopic (exact) mass is 448 g/mol. The van der Waals surface area contributed by atoms with E-state index < -0.39 is 6.04 Å². The molecule has 0 aromatic heterocycles. The maximum atomic E-state index is 12.7. The number of likely N-dealkylation sites (tertiary alicyclic amines) is 1. The van der Waals surface area contributed by atoms with Crippen LogP contribution < -0.4 is 14.8 Å². The van der Waals surface area contributed by atoms with Crippen molar-refractivity contribution in [1.82, 2.24) is 4.90 Å². The Bertz CT molecular complexity index is 758. The van der Waals surface area contributed by atoms with Crippen molar-refractivity contribution in [2.24, 2.45) is 10.8 Å². The van der Waals surface area contributed by atoms with Crippen LogP contribution in [0.1, 0.15) is 79.7 Å². The summed E-state index contributed by atoms with van der Waals surface area (Å²) >= 11 is 0. The second-order valence-corrected chi connectivity index (χ2v) is 9.96. The largest absolute Gasteiger partial charge is 0.493 e. The molecule has 6 heteroatoms. The van der Waals surface area contributed by atoms with Crippen molar-refractivity contribution < 1.29 is 19.1 Å². The molecular formula is C26H44N2O4. The van der Waals surface area contributed by atoms with E-state index in [1.54, 1.807) is 12.0 Å². The first-order valence-electron chi connectivity index (χ1n) is 11.9. The van der Waals surface area contributed by atoms with Gasteiger partial charge in [-0.25, -0.2) is 0 Å². The van der Waals surface area contributed by atoms with E-state index in [1.807, 2.05) is 32.9 Å². The molecule has 0 radical (unpaired) electrons. The van der Waals surface area contributed by atoms with E-state index in [4.69, 9.17) is 9.47 Å². The van der Waals surface area contributed by atoms with Crippen molar-refractivity contribution in [3.05, 3.63) is 17.7 Å². The fraction of sp³-hybridized carbons (Fsp3) is 0.692. The van der Waals surface area contributed by atoms with E-state index >= 15 is 0 Å². The van der Waals surface area contributed by atoms with Crippen molar-refractivity contribution in [2.45, 2.75) is 87.1 Å². The summed E-state index contributed by atoms with van der Waals surface area (Å²) in [7, 11) is 1.62. The number of carbonyl (C=O) groups excluding carboxylic acids is 2. The van der Waals surface area contributed by atoms with Crippen molar-refractivity contribution in [3.8, 4) is 11.5 Å². The number of nitrogens with zero attached hydrogens (tertiary/aromatic N) is 1. The van der Waals surface area contributed by atoms with Crippen molar-refractivity contribution >= 4 is 18.0 Å². The van der Waals surface area contributed by atoms with E-state index in [9.17, 15) is 9.59 Å². The van der Waals surface area contributed by atoms with Crippen LogP contribution in [0, 0.1) is 17.8 Å². The first-order chi connectivity index (χ1) is 15.0. The first kappa shape index (κ1) is 27.8. The Morgan fingerprint density at radius 2 is 1.84 bits per heavy atom. The highest BCUT2D eigenvalue weighted by molar-refractivity contribution is 5.97. The Morgan fingerprint density at radius 3 is 2.41 bits per heavy atom. The third-order valence-electron chi connectivity index (χ3n) is 6.03. The molecular weight excluding hydrogens is 404 g/mol.